The molecule has 0 N–H and O–H groups in total. The molecule has 0 aliphatic rings. The quantitative estimate of drug-likeness (QED) is 0.450. The third-order valence-corrected chi connectivity index (χ3v) is 6.12. The van der Waals surface area contributed by atoms with Crippen LogP contribution in [0.3, 0.4) is 0 Å². The van der Waals surface area contributed by atoms with Crippen LogP contribution in [0.5, 0.6) is 11.5 Å². The van der Waals surface area contributed by atoms with Gasteiger partial charge >= 0.3 is 0 Å². The molecule has 0 aliphatic carbocycles. The van der Waals surface area contributed by atoms with E-state index < -0.39 is 0 Å². The monoisotopic (exact) mass is 447 g/mol. The predicted molar refractivity (Wildman–Crippen MR) is 123 cm³/mol. The maximum atomic E-state index is 13.1. The molecule has 3 rings (SSSR count). The number of carbonyl (C=O) groups is 1. The summed E-state index contributed by atoms with van der Waals surface area (Å²) < 4.78 is 12.0. The lowest BCUT2D eigenvalue weighted by molar-refractivity contribution is -0.120. The Morgan fingerprint density at radius 1 is 1.07 bits per heavy atom. The fraction of sp³-hybridized carbons (Fsp3) is 0.364. The molecule has 0 fully saturated rings. The molecule has 2 aromatic carbocycles. The second kappa shape index (κ2) is 10.6. The maximum absolute atomic E-state index is 13.1. The zero-order valence-corrected chi connectivity index (χ0v) is 19.0. The predicted octanol–water partition coefficient (Wildman–Crippen LogP) is 4.71. The summed E-state index contributed by atoms with van der Waals surface area (Å²) in [6.45, 7) is 7.32. The largest absolute Gasteiger partial charge is 0.497 e. The Bertz CT molecular complexity index is 973. The molecule has 1 aromatic heterocycles. The van der Waals surface area contributed by atoms with Crippen molar-refractivity contribution in [2.45, 2.75) is 13.8 Å². The summed E-state index contributed by atoms with van der Waals surface area (Å²) in [5.41, 5.74) is 0.843. The van der Waals surface area contributed by atoms with Gasteiger partial charge in [-0.2, -0.15) is 0 Å². The molecule has 1 heterocycles. The highest BCUT2D eigenvalue weighted by molar-refractivity contribution is 7.22. The third-order valence-electron chi connectivity index (χ3n) is 4.83. The molecule has 6 nitrogen and oxygen atoms in total. The Labute approximate surface area is 186 Å². The van der Waals surface area contributed by atoms with Gasteiger partial charge in [0.2, 0.25) is 0 Å². The zero-order chi connectivity index (χ0) is 21.5. The molecule has 3 aromatic rings. The molecule has 8 heteroatoms. The van der Waals surface area contributed by atoms with Crippen LogP contribution >= 0.6 is 22.9 Å². The van der Waals surface area contributed by atoms with Crippen LogP contribution < -0.4 is 14.4 Å². The summed E-state index contributed by atoms with van der Waals surface area (Å²) in [6.07, 6.45) is 0. The average molecular weight is 448 g/mol. The van der Waals surface area contributed by atoms with E-state index in [1.54, 1.807) is 36.3 Å². The van der Waals surface area contributed by atoms with E-state index in [0.29, 0.717) is 22.4 Å². The van der Waals surface area contributed by atoms with Gasteiger partial charge in [-0.05, 0) is 55.6 Å². The number of anilines is 1. The minimum atomic E-state index is -0.136. The van der Waals surface area contributed by atoms with Crippen molar-refractivity contribution in [3.05, 3.63) is 47.5 Å². The van der Waals surface area contributed by atoms with E-state index in [-0.39, 0.29) is 12.5 Å². The van der Waals surface area contributed by atoms with Crippen LogP contribution in [-0.4, -0.2) is 55.7 Å². The third kappa shape index (κ3) is 5.62. The van der Waals surface area contributed by atoms with Crippen molar-refractivity contribution in [2.75, 3.05) is 44.8 Å². The van der Waals surface area contributed by atoms with Gasteiger partial charge in [-0.3, -0.25) is 9.69 Å². The second-order valence-corrected chi connectivity index (χ2v) is 8.09. The van der Waals surface area contributed by atoms with E-state index in [9.17, 15) is 4.79 Å². The highest BCUT2D eigenvalue weighted by Gasteiger charge is 2.21. The number of halogens is 1. The number of methoxy groups -OCH3 is 1. The number of ether oxygens (including phenoxy) is 2. The number of hydrogen-bond donors (Lipinski definition) is 0. The van der Waals surface area contributed by atoms with Crippen molar-refractivity contribution in [1.29, 1.82) is 0 Å². The first-order chi connectivity index (χ1) is 14.5. The van der Waals surface area contributed by atoms with Crippen molar-refractivity contribution in [3.8, 4) is 11.5 Å². The fourth-order valence-electron chi connectivity index (χ4n) is 3.00. The number of likely N-dealkylation sites (N-methyl/N-ethyl adjacent to an activating group) is 1. The summed E-state index contributed by atoms with van der Waals surface area (Å²) in [6, 6.07) is 12.7. The average Bonchev–Trinajstić information content (AvgIpc) is 3.19. The molecule has 0 saturated heterocycles. The SMILES string of the molecule is CCN(CC)CCN(C(=O)COc1ccc(Cl)cc1)c1nc2ccc(OC)cc2s1. The minimum absolute atomic E-state index is 0.0703. The minimum Gasteiger partial charge on any atom is -0.497 e. The van der Waals surface area contributed by atoms with Crippen molar-refractivity contribution in [3.63, 3.8) is 0 Å². The first-order valence-electron chi connectivity index (χ1n) is 9.89. The molecule has 160 valence electrons. The van der Waals surface area contributed by atoms with Crippen LogP contribution in [0, 0.1) is 0 Å². The Balaban J connectivity index is 1.79. The number of amides is 1. The molecule has 0 bridgehead atoms. The molecular formula is C22H26ClN3O3S. The summed E-state index contributed by atoms with van der Waals surface area (Å²) in [5, 5.41) is 1.29. The van der Waals surface area contributed by atoms with Crippen LogP contribution in [0.15, 0.2) is 42.5 Å². The van der Waals surface area contributed by atoms with Crippen molar-refractivity contribution < 1.29 is 14.3 Å². The van der Waals surface area contributed by atoms with Crippen LogP contribution in [0.4, 0.5) is 5.13 Å². The van der Waals surface area contributed by atoms with E-state index in [4.69, 9.17) is 21.1 Å². The normalized spacial score (nSPS) is 11.1. The van der Waals surface area contributed by atoms with Gasteiger partial charge in [0.1, 0.15) is 11.5 Å². The number of benzene rings is 2. The van der Waals surface area contributed by atoms with Crippen molar-refractivity contribution in [2.24, 2.45) is 0 Å². The molecule has 0 unspecified atom stereocenters. The summed E-state index contributed by atoms with van der Waals surface area (Å²) in [4.78, 5) is 21.7. The summed E-state index contributed by atoms with van der Waals surface area (Å²) in [7, 11) is 1.64. The first kappa shape index (κ1) is 22.3. The van der Waals surface area contributed by atoms with Gasteiger partial charge in [0.25, 0.3) is 5.91 Å². The van der Waals surface area contributed by atoms with Gasteiger partial charge in [-0.1, -0.05) is 36.8 Å². The van der Waals surface area contributed by atoms with Crippen LogP contribution in [0.25, 0.3) is 10.2 Å². The smallest absolute Gasteiger partial charge is 0.266 e. The number of rotatable bonds is 10. The van der Waals surface area contributed by atoms with Gasteiger partial charge < -0.3 is 14.4 Å². The van der Waals surface area contributed by atoms with Crippen LogP contribution in [0.2, 0.25) is 5.02 Å². The first-order valence-corrected chi connectivity index (χ1v) is 11.1. The van der Waals surface area contributed by atoms with Gasteiger partial charge in [0.15, 0.2) is 11.7 Å². The Morgan fingerprint density at radius 2 is 1.77 bits per heavy atom. The van der Waals surface area contributed by atoms with E-state index >= 15 is 0 Å². The number of nitrogens with zero attached hydrogens (tertiary/aromatic N) is 3. The zero-order valence-electron chi connectivity index (χ0n) is 17.4. The van der Waals surface area contributed by atoms with Crippen molar-refractivity contribution in [1.82, 2.24) is 9.88 Å². The Kier molecular flexibility index (Phi) is 7.90. The lowest BCUT2D eigenvalue weighted by Crippen LogP contribution is -2.41. The highest BCUT2D eigenvalue weighted by atomic mass is 35.5. The molecule has 0 atom stereocenters. The standard InChI is InChI=1S/C22H26ClN3O3S/c1-4-25(5-2)12-13-26(21(27)15-29-17-8-6-16(23)7-9-17)22-24-19-11-10-18(28-3)14-20(19)30-22/h6-11,14H,4-5,12-13,15H2,1-3H3. The number of fused-ring (bicyclic) bond motifs is 1. The molecule has 0 radical (unpaired) electrons. The van der Waals surface area contributed by atoms with Gasteiger partial charge in [0, 0.05) is 18.1 Å². The molecule has 30 heavy (non-hydrogen) atoms. The van der Waals surface area contributed by atoms with Crippen molar-refractivity contribution >= 4 is 44.2 Å². The van der Waals surface area contributed by atoms with E-state index in [0.717, 1.165) is 35.6 Å². The molecule has 1 amide bonds. The lowest BCUT2D eigenvalue weighted by atomic mass is 10.3. The van der Waals surface area contributed by atoms with E-state index in [1.165, 1.54) is 11.3 Å². The number of hydrogen-bond acceptors (Lipinski definition) is 6. The summed E-state index contributed by atoms with van der Waals surface area (Å²) >= 11 is 7.39. The molecular weight excluding hydrogens is 422 g/mol. The Morgan fingerprint density at radius 3 is 2.43 bits per heavy atom. The lowest BCUT2D eigenvalue weighted by Gasteiger charge is -2.24. The highest BCUT2D eigenvalue weighted by Crippen LogP contribution is 2.31. The molecule has 0 spiro atoms. The number of carbonyl (C=O) groups excluding carboxylic acids is 1. The van der Waals surface area contributed by atoms with Gasteiger partial charge in [0.05, 0.1) is 17.3 Å². The number of aromatic nitrogens is 1. The van der Waals surface area contributed by atoms with Gasteiger partial charge in [-0.15, -0.1) is 0 Å². The number of thiazole rings is 1. The fourth-order valence-corrected chi connectivity index (χ4v) is 4.16. The second-order valence-electron chi connectivity index (χ2n) is 6.64. The van der Waals surface area contributed by atoms with Crippen LogP contribution in [0.1, 0.15) is 13.8 Å². The topological polar surface area (TPSA) is 54.9 Å². The Hall–Kier alpha value is -2.35. The summed E-state index contributed by atoms with van der Waals surface area (Å²) in [5.74, 6) is 1.23. The molecule has 0 saturated carbocycles. The molecule has 0 aliphatic heterocycles. The van der Waals surface area contributed by atoms with E-state index in [1.807, 2.05) is 18.2 Å². The van der Waals surface area contributed by atoms with Gasteiger partial charge in [-0.25, -0.2) is 4.98 Å². The maximum Gasteiger partial charge on any atom is 0.266 e. The van der Waals surface area contributed by atoms with E-state index in [2.05, 4.69) is 23.7 Å². The van der Waals surface area contributed by atoms with Crippen LogP contribution in [-0.2, 0) is 4.79 Å².